The Kier molecular flexibility index (Phi) is 6.21. The molecule has 178 valence electrons. The summed E-state index contributed by atoms with van der Waals surface area (Å²) in [6, 6.07) is 12.5. The second kappa shape index (κ2) is 8.99. The van der Waals surface area contributed by atoms with E-state index in [0.29, 0.717) is 16.5 Å². The van der Waals surface area contributed by atoms with E-state index in [0.717, 1.165) is 23.8 Å². The van der Waals surface area contributed by atoms with E-state index in [1.54, 1.807) is 24.3 Å². The Morgan fingerprint density at radius 1 is 0.886 bits per heavy atom. The normalized spacial score (nSPS) is 13.1. The average molecular weight is 502 g/mol. The highest BCUT2D eigenvalue weighted by molar-refractivity contribution is 6.40. The van der Waals surface area contributed by atoms with Crippen LogP contribution < -0.4 is 4.90 Å². The monoisotopic (exact) mass is 501 g/mol. The average Bonchev–Trinajstić information content (AvgIpc) is 3.06. The van der Waals surface area contributed by atoms with Crippen molar-refractivity contribution in [2.24, 2.45) is 0 Å². The minimum absolute atomic E-state index is 0.112. The summed E-state index contributed by atoms with van der Waals surface area (Å²) in [6.45, 7) is 1.31. The van der Waals surface area contributed by atoms with Gasteiger partial charge in [-0.05, 0) is 43.3 Å². The summed E-state index contributed by atoms with van der Waals surface area (Å²) < 4.78 is 44.4. The van der Waals surface area contributed by atoms with Gasteiger partial charge in [0.25, 0.3) is 11.8 Å². The zero-order valence-corrected chi connectivity index (χ0v) is 18.7. The molecule has 1 aliphatic heterocycles. The number of rotatable bonds is 5. The van der Waals surface area contributed by atoms with Crippen molar-refractivity contribution in [3.8, 4) is 0 Å². The number of aryl methyl sites for hydroxylation is 1. The van der Waals surface area contributed by atoms with Crippen molar-refractivity contribution in [1.29, 1.82) is 0 Å². The highest BCUT2D eigenvalue weighted by Gasteiger charge is 2.40. The Morgan fingerprint density at radius 3 is 2.17 bits per heavy atom. The van der Waals surface area contributed by atoms with Crippen molar-refractivity contribution in [1.82, 2.24) is 0 Å². The molecule has 10 heteroatoms. The third-order valence-corrected chi connectivity index (χ3v) is 5.66. The molecular formula is C25H15ClF3NO5. The standard InChI is InChI=1S/C25H15ClF3NO5/c1-13-2-4-14(5-3-13)21(31)12-35-24(34)15-6-8-17-18(10-15)23(33)30(22(17)32)20-11-16(25(27,28)29)7-9-19(20)26/h2-11H,12H2,1H3. The van der Waals surface area contributed by atoms with Crippen LogP contribution in [-0.4, -0.2) is 30.2 Å². The Morgan fingerprint density at radius 2 is 1.51 bits per heavy atom. The van der Waals surface area contributed by atoms with Crippen molar-refractivity contribution in [2.75, 3.05) is 11.5 Å². The van der Waals surface area contributed by atoms with Gasteiger partial charge in [-0.1, -0.05) is 41.4 Å². The van der Waals surface area contributed by atoms with Gasteiger partial charge in [-0.15, -0.1) is 0 Å². The molecule has 0 saturated heterocycles. The first-order chi connectivity index (χ1) is 16.5. The summed E-state index contributed by atoms with van der Waals surface area (Å²) in [6.07, 6.45) is -4.72. The smallest absolute Gasteiger partial charge is 0.416 e. The van der Waals surface area contributed by atoms with Gasteiger partial charge in [0.05, 0.1) is 33.0 Å². The third-order valence-electron chi connectivity index (χ3n) is 5.34. The van der Waals surface area contributed by atoms with E-state index in [1.165, 1.54) is 12.1 Å². The molecule has 0 spiro atoms. The molecule has 0 saturated carbocycles. The lowest BCUT2D eigenvalue weighted by atomic mass is 10.1. The second-order valence-corrected chi connectivity index (χ2v) is 8.14. The molecule has 0 fully saturated rings. The number of ether oxygens (including phenoxy) is 1. The van der Waals surface area contributed by atoms with Crippen LogP contribution in [-0.2, 0) is 10.9 Å². The van der Waals surface area contributed by atoms with Gasteiger partial charge < -0.3 is 4.74 Å². The zero-order valence-electron chi connectivity index (χ0n) is 18.0. The van der Waals surface area contributed by atoms with Crippen LogP contribution in [0.5, 0.6) is 0 Å². The molecule has 0 bridgehead atoms. The first-order valence-electron chi connectivity index (χ1n) is 10.1. The first kappa shape index (κ1) is 24.2. The number of ketones is 1. The molecule has 0 aromatic heterocycles. The van der Waals surface area contributed by atoms with Crippen LogP contribution in [0.4, 0.5) is 18.9 Å². The molecule has 0 N–H and O–H groups in total. The van der Waals surface area contributed by atoms with E-state index in [-0.39, 0.29) is 21.7 Å². The Labute approximate surface area is 201 Å². The van der Waals surface area contributed by atoms with E-state index >= 15 is 0 Å². The number of alkyl halides is 3. The van der Waals surface area contributed by atoms with Crippen molar-refractivity contribution in [3.63, 3.8) is 0 Å². The predicted octanol–water partition coefficient (Wildman–Crippen LogP) is 5.51. The highest BCUT2D eigenvalue weighted by Crippen LogP contribution is 2.38. The molecule has 4 rings (SSSR count). The summed E-state index contributed by atoms with van der Waals surface area (Å²) in [4.78, 5) is 50.9. The van der Waals surface area contributed by atoms with Crippen LogP contribution in [0, 0.1) is 6.92 Å². The number of halogens is 4. The number of amides is 2. The molecule has 0 aliphatic carbocycles. The van der Waals surface area contributed by atoms with Gasteiger partial charge in [-0.3, -0.25) is 14.4 Å². The predicted molar refractivity (Wildman–Crippen MR) is 120 cm³/mol. The maximum absolute atomic E-state index is 13.1. The second-order valence-electron chi connectivity index (χ2n) is 7.74. The number of imide groups is 1. The van der Waals surface area contributed by atoms with Gasteiger partial charge in [0.1, 0.15) is 0 Å². The fourth-order valence-electron chi connectivity index (χ4n) is 3.48. The zero-order chi connectivity index (χ0) is 25.5. The summed E-state index contributed by atoms with van der Waals surface area (Å²) in [5.41, 5.74) is -0.642. The number of hydrogen-bond acceptors (Lipinski definition) is 5. The summed E-state index contributed by atoms with van der Waals surface area (Å²) >= 11 is 5.99. The molecule has 0 atom stereocenters. The van der Waals surface area contributed by atoms with Gasteiger partial charge in [-0.2, -0.15) is 13.2 Å². The quantitative estimate of drug-likeness (QED) is 0.262. The molecule has 1 aliphatic rings. The van der Waals surface area contributed by atoms with Gasteiger partial charge in [0, 0.05) is 5.56 Å². The van der Waals surface area contributed by atoms with Crippen LogP contribution in [0.15, 0.2) is 60.7 Å². The van der Waals surface area contributed by atoms with Gasteiger partial charge in [-0.25, -0.2) is 9.69 Å². The van der Waals surface area contributed by atoms with Crippen molar-refractivity contribution in [3.05, 3.63) is 99.1 Å². The lowest BCUT2D eigenvalue weighted by molar-refractivity contribution is -0.137. The van der Waals surface area contributed by atoms with E-state index in [2.05, 4.69) is 0 Å². The molecule has 0 radical (unpaired) electrons. The maximum atomic E-state index is 13.1. The number of esters is 1. The van der Waals surface area contributed by atoms with Crippen LogP contribution in [0.25, 0.3) is 0 Å². The minimum atomic E-state index is -4.72. The Bertz CT molecular complexity index is 1380. The summed E-state index contributed by atoms with van der Waals surface area (Å²) in [5.74, 6) is -3.18. The molecule has 1 heterocycles. The highest BCUT2D eigenvalue weighted by atomic mass is 35.5. The molecule has 6 nitrogen and oxygen atoms in total. The van der Waals surface area contributed by atoms with Gasteiger partial charge in [0.2, 0.25) is 0 Å². The van der Waals surface area contributed by atoms with Crippen molar-refractivity contribution >= 4 is 40.9 Å². The molecule has 35 heavy (non-hydrogen) atoms. The number of anilines is 1. The lowest BCUT2D eigenvalue weighted by Gasteiger charge is -2.17. The van der Waals surface area contributed by atoms with Crippen LogP contribution in [0.1, 0.15) is 52.6 Å². The number of benzene rings is 3. The van der Waals surface area contributed by atoms with Crippen molar-refractivity contribution < 1.29 is 37.1 Å². The van der Waals surface area contributed by atoms with Gasteiger partial charge in [0.15, 0.2) is 12.4 Å². The molecular weight excluding hydrogens is 487 g/mol. The van der Waals surface area contributed by atoms with E-state index in [1.807, 2.05) is 6.92 Å². The summed E-state index contributed by atoms with van der Waals surface area (Å²) in [5, 5.41) is -0.234. The molecule has 0 unspecified atom stereocenters. The van der Waals surface area contributed by atoms with E-state index in [4.69, 9.17) is 16.3 Å². The lowest BCUT2D eigenvalue weighted by Crippen LogP contribution is -2.30. The summed E-state index contributed by atoms with van der Waals surface area (Å²) in [7, 11) is 0. The third kappa shape index (κ3) is 4.67. The van der Waals surface area contributed by atoms with E-state index in [9.17, 15) is 32.3 Å². The number of fused-ring (bicyclic) bond motifs is 1. The number of hydrogen-bond donors (Lipinski definition) is 0. The van der Waals surface area contributed by atoms with Gasteiger partial charge >= 0.3 is 12.1 Å². The van der Waals surface area contributed by atoms with Crippen LogP contribution in [0.3, 0.4) is 0 Å². The first-order valence-corrected chi connectivity index (χ1v) is 10.5. The van der Waals surface area contributed by atoms with Crippen LogP contribution in [0.2, 0.25) is 5.02 Å². The number of Topliss-reactive ketones (excluding diaryl/α,β-unsaturated/α-hetero) is 1. The Hall–Kier alpha value is -3.98. The number of carbonyl (C=O) groups is 4. The maximum Gasteiger partial charge on any atom is 0.416 e. The molecule has 3 aromatic carbocycles. The fourth-order valence-corrected chi connectivity index (χ4v) is 3.69. The SMILES string of the molecule is Cc1ccc(C(=O)COC(=O)c2ccc3c(c2)C(=O)N(c2cc(C(F)(F)F)ccc2Cl)C3=O)cc1. The molecule has 3 aromatic rings. The van der Waals surface area contributed by atoms with E-state index < -0.39 is 47.6 Å². The van der Waals surface area contributed by atoms with Crippen LogP contribution >= 0.6 is 11.6 Å². The topological polar surface area (TPSA) is 80.8 Å². The minimum Gasteiger partial charge on any atom is -0.454 e. The molecule has 2 amide bonds. The Balaban J connectivity index is 1.55. The fraction of sp³-hybridized carbons (Fsp3) is 0.120. The number of nitrogens with zero attached hydrogens (tertiary/aromatic N) is 1. The largest absolute Gasteiger partial charge is 0.454 e. The number of carbonyl (C=O) groups excluding carboxylic acids is 4. The van der Waals surface area contributed by atoms with Crippen molar-refractivity contribution in [2.45, 2.75) is 13.1 Å².